The van der Waals surface area contributed by atoms with E-state index in [1.54, 1.807) is 55.4 Å². The molecule has 79 heavy (non-hydrogen) atoms. The molecule has 4 aliphatic heterocycles. The van der Waals surface area contributed by atoms with Gasteiger partial charge in [0.15, 0.2) is 12.6 Å². The average molecular weight is 1130 g/mol. The predicted octanol–water partition coefficient (Wildman–Crippen LogP) is 4.77. The highest BCUT2D eigenvalue weighted by Crippen LogP contribution is 2.41. The smallest absolute Gasteiger partial charge is 0.311 e. The van der Waals surface area contributed by atoms with Gasteiger partial charge in [-0.15, -0.1) is 0 Å². The van der Waals surface area contributed by atoms with Gasteiger partial charge in [-0.1, -0.05) is 75.7 Å². The van der Waals surface area contributed by atoms with Crippen molar-refractivity contribution in [1.82, 2.24) is 9.80 Å². The van der Waals surface area contributed by atoms with Crippen LogP contribution in [-0.4, -0.2) is 201 Å². The maximum Gasteiger partial charge on any atom is 0.311 e. The van der Waals surface area contributed by atoms with Crippen LogP contribution in [0, 0.1) is 71.0 Å². The minimum atomic E-state index is -1.68. The highest BCUT2D eigenvalue weighted by atomic mass is 16.7. The summed E-state index contributed by atoms with van der Waals surface area (Å²) in [4.78, 5) is 57.6. The second-order valence-corrected chi connectivity index (χ2v) is 26.1. The molecule has 5 aliphatic rings. The molecule has 19 heteroatoms. The van der Waals surface area contributed by atoms with Crippen LogP contribution in [0.1, 0.15) is 155 Å². The van der Waals surface area contributed by atoms with E-state index in [9.17, 15) is 54.9 Å². The zero-order valence-corrected chi connectivity index (χ0v) is 51.4. The number of hydrogen-bond acceptors (Lipinski definition) is 19. The number of Topliss-reactive ketones (excluding diaryl/α,β-unsaturated/α-hetero) is 2. The molecule has 0 aromatic rings. The van der Waals surface area contributed by atoms with E-state index in [0.717, 1.165) is 19.3 Å². The minimum Gasteiger partial charge on any atom is -0.462 e. The summed E-state index contributed by atoms with van der Waals surface area (Å²) in [5.41, 5.74) is -1.68. The number of rotatable bonds is 8. The number of aliphatic hydroxyl groups is 7. The molecular weight excluding hydrogens is 1020 g/mol. The van der Waals surface area contributed by atoms with Crippen molar-refractivity contribution >= 4 is 23.5 Å². The summed E-state index contributed by atoms with van der Waals surface area (Å²) in [5, 5.41) is 77.8. The number of ether oxygens (including phenoxy) is 6. The molecule has 1 aliphatic carbocycles. The quantitative estimate of drug-likeness (QED) is 0.161. The number of nitrogens with zero attached hydrogens (tertiary/aromatic N) is 2. The van der Waals surface area contributed by atoms with E-state index in [0.29, 0.717) is 25.7 Å². The van der Waals surface area contributed by atoms with Crippen molar-refractivity contribution in [3.63, 3.8) is 0 Å². The topological polar surface area (TPSA) is 272 Å². The lowest BCUT2D eigenvalue weighted by Gasteiger charge is -2.45. The number of hydrogen-bond donors (Lipinski definition) is 7. The van der Waals surface area contributed by atoms with Gasteiger partial charge in [0.05, 0.1) is 78.5 Å². The molecule has 0 aromatic carbocycles. The third-order valence-corrected chi connectivity index (χ3v) is 19.4. The largest absolute Gasteiger partial charge is 0.462 e. The SMILES string of the molecule is CC1O[C@@H](O[C@H]2[C@H](C)[C@@H](O)[C@](C)(O)C[C@@H](C)C(=O)[C@H](C)[C@@H](O)[C@@H](C)[C@@H](C3CCC3)OC(=O)[C@@H]2C)CC(N(C)C)[C@@H]1O.CCC1OC(=O)[C@H](C)[C@@H](O[C@H]2CC(N(C)C)[C@H](O)C(C)O2)[C@H](C)[C@@H](O)[C@@H](C)C[C@@H](C)C(=O)[C@H](C)[C@@H](O)[C@H]1C. The van der Waals surface area contributed by atoms with Gasteiger partial charge in [0.2, 0.25) is 0 Å². The van der Waals surface area contributed by atoms with Gasteiger partial charge in [0.25, 0.3) is 0 Å². The molecule has 0 amide bonds. The number of ketones is 2. The Hall–Kier alpha value is -2.24. The van der Waals surface area contributed by atoms with Gasteiger partial charge < -0.3 is 74.0 Å². The summed E-state index contributed by atoms with van der Waals surface area (Å²) in [5.74, 6) is -7.46. The van der Waals surface area contributed by atoms with Gasteiger partial charge in [0, 0.05) is 72.3 Å². The van der Waals surface area contributed by atoms with Gasteiger partial charge in [-0.2, -0.15) is 0 Å². The number of cyclic esters (lactones) is 2. The molecule has 460 valence electrons. The predicted molar refractivity (Wildman–Crippen MR) is 297 cm³/mol. The standard InChI is InChI=1S/C31H55NO9.C29H53NO8/c1-15-14-31(7,38)29(36)18(4)27(40-23-13-22(32(8)9)26(35)20(6)39-23)19(5)30(37)41-28(21-11-10-12-21)17(3)25(34)16(2)24(15)33;1-11-22-16(4)26(33)17(5)24(31)14(2)12-15(3)25(32)18(6)28(19(7)29(35)37-22)38-23-13-21(30(9)10)27(34)20(8)36-23/h15-23,25-29,34-36,38H,10-14H2,1-9H3;14-23,25-28,32-34H,11-13H2,1-10H3/t15-,16+,17-,18+,19-,20?,22?,23+,25-,26-,27+,28+,29-,31-;14-,15+,16+,17+,18-,19-,20?,21?,22?,23+,25+,26+,27-,28+/m11/s1. The first-order valence-corrected chi connectivity index (χ1v) is 29.8. The monoisotopic (exact) mass is 1130 g/mol. The van der Waals surface area contributed by atoms with E-state index in [-0.39, 0.29) is 47.8 Å². The fraction of sp³-hybridized carbons (Fsp3) is 0.933. The van der Waals surface area contributed by atoms with Crippen LogP contribution in [0.3, 0.4) is 0 Å². The number of likely N-dealkylation sites (N-methyl/N-ethyl adjacent to an activating group) is 2. The molecule has 7 N–H and O–H groups in total. The molecule has 5 fully saturated rings. The first-order valence-electron chi connectivity index (χ1n) is 29.8. The third-order valence-electron chi connectivity index (χ3n) is 19.4. The summed E-state index contributed by atoms with van der Waals surface area (Å²) in [7, 11) is 7.52. The van der Waals surface area contributed by atoms with E-state index in [1.807, 2.05) is 79.5 Å². The molecule has 1 saturated carbocycles. The Morgan fingerprint density at radius 1 is 0.544 bits per heavy atom. The van der Waals surface area contributed by atoms with Crippen LogP contribution in [0.25, 0.3) is 0 Å². The lowest BCUT2D eigenvalue weighted by molar-refractivity contribution is -0.268. The van der Waals surface area contributed by atoms with Crippen LogP contribution in [0.4, 0.5) is 0 Å². The molecular formula is C60H108N2O17. The Kier molecular flexibility index (Phi) is 25.9. The molecule has 5 unspecified atom stereocenters. The van der Waals surface area contributed by atoms with E-state index >= 15 is 0 Å². The van der Waals surface area contributed by atoms with Crippen molar-refractivity contribution in [1.29, 1.82) is 0 Å². The lowest BCUT2D eigenvalue weighted by atomic mass is 9.71. The van der Waals surface area contributed by atoms with Crippen LogP contribution in [0.15, 0.2) is 0 Å². The molecule has 4 heterocycles. The minimum absolute atomic E-state index is 0.0216. The van der Waals surface area contributed by atoms with E-state index in [2.05, 4.69) is 0 Å². The van der Waals surface area contributed by atoms with Crippen LogP contribution < -0.4 is 0 Å². The Morgan fingerprint density at radius 3 is 1.41 bits per heavy atom. The number of aliphatic hydroxyl groups excluding tert-OH is 6. The van der Waals surface area contributed by atoms with Crippen molar-refractivity contribution in [2.75, 3.05) is 28.2 Å². The van der Waals surface area contributed by atoms with Gasteiger partial charge in [0.1, 0.15) is 23.8 Å². The fourth-order valence-corrected chi connectivity index (χ4v) is 13.4. The Bertz CT molecular complexity index is 1940. The summed E-state index contributed by atoms with van der Waals surface area (Å²) >= 11 is 0. The average Bonchev–Trinajstić information content (AvgIpc) is 3.38. The second kappa shape index (κ2) is 29.5. The van der Waals surface area contributed by atoms with Gasteiger partial charge in [-0.25, -0.2) is 0 Å². The summed E-state index contributed by atoms with van der Waals surface area (Å²) in [6.45, 7) is 26.4. The lowest BCUT2D eigenvalue weighted by Crippen LogP contribution is -2.56. The zero-order valence-electron chi connectivity index (χ0n) is 51.4. The van der Waals surface area contributed by atoms with Crippen molar-refractivity contribution in [3.05, 3.63) is 0 Å². The second-order valence-electron chi connectivity index (χ2n) is 26.1. The molecule has 5 rings (SSSR count). The third kappa shape index (κ3) is 16.8. The normalized spacial score (nSPS) is 47.2. The Morgan fingerprint density at radius 2 is 0.975 bits per heavy atom. The van der Waals surface area contributed by atoms with Crippen LogP contribution in [0.2, 0.25) is 0 Å². The van der Waals surface area contributed by atoms with E-state index in [1.165, 1.54) is 6.92 Å². The van der Waals surface area contributed by atoms with Crippen molar-refractivity contribution in [2.24, 2.45) is 71.0 Å². The van der Waals surface area contributed by atoms with Crippen LogP contribution in [-0.2, 0) is 47.6 Å². The molecule has 0 bridgehead atoms. The van der Waals surface area contributed by atoms with Crippen LogP contribution in [0.5, 0.6) is 0 Å². The van der Waals surface area contributed by atoms with Crippen molar-refractivity contribution < 1.29 is 83.3 Å². The molecule has 28 atom stereocenters. The molecule has 0 aromatic heterocycles. The first-order chi connectivity index (χ1) is 36.6. The van der Waals surface area contributed by atoms with Gasteiger partial charge in [-0.3, -0.25) is 19.2 Å². The highest BCUT2D eigenvalue weighted by molar-refractivity contribution is 5.84. The fourth-order valence-electron chi connectivity index (χ4n) is 13.4. The summed E-state index contributed by atoms with van der Waals surface area (Å²) < 4.78 is 36.9. The van der Waals surface area contributed by atoms with Crippen LogP contribution >= 0.6 is 0 Å². The number of carbonyl (C=O) groups is 4. The Labute approximate surface area is 473 Å². The van der Waals surface area contributed by atoms with Gasteiger partial charge in [-0.05, 0) is 107 Å². The summed E-state index contributed by atoms with van der Waals surface area (Å²) in [6.07, 6.45) is -6.42. The van der Waals surface area contributed by atoms with Crippen molar-refractivity contribution in [3.8, 4) is 0 Å². The molecule has 19 nitrogen and oxygen atoms in total. The van der Waals surface area contributed by atoms with Gasteiger partial charge >= 0.3 is 11.9 Å². The molecule has 4 saturated heterocycles. The van der Waals surface area contributed by atoms with E-state index < -0.39 is 157 Å². The number of esters is 2. The summed E-state index contributed by atoms with van der Waals surface area (Å²) in [6, 6.07) is -0.434. The first kappa shape index (κ1) is 69.3. The van der Waals surface area contributed by atoms with E-state index in [4.69, 9.17) is 28.4 Å². The van der Waals surface area contributed by atoms with Crippen molar-refractivity contribution in [2.45, 2.75) is 259 Å². The maximum absolute atomic E-state index is 13.8. The Balaban J connectivity index is 0.000000342. The maximum atomic E-state index is 13.8. The number of carbonyl (C=O) groups excluding carboxylic acids is 4. The highest BCUT2D eigenvalue weighted by Gasteiger charge is 2.50. The molecule has 0 radical (unpaired) electrons. The molecule has 0 spiro atoms. The zero-order chi connectivity index (χ0) is 60.0.